The second-order valence-electron chi connectivity index (χ2n) is 2.89. The Morgan fingerprint density at radius 3 is 2.64 bits per heavy atom. The van der Waals surface area contributed by atoms with Gasteiger partial charge in [0.2, 0.25) is 0 Å². The maximum Gasteiger partial charge on any atom is 0.0837 e. The Labute approximate surface area is 65.5 Å². The predicted octanol–water partition coefficient (Wildman–Crippen LogP) is 1.49. The van der Waals surface area contributed by atoms with Crippen molar-refractivity contribution in [3.8, 4) is 0 Å². The van der Waals surface area contributed by atoms with E-state index in [1.165, 1.54) is 0 Å². The van der Waals surface area contributed by atoms with Crippen LogP contribution in [0.3, 0.4) is 0 Å². The highest BCUT2D eigenvalue weighted by Crippen LogP contribution is 2.15. The highest BCUT2D eigenvalue weighted by Gasteiger charge is 2.13. The molecule has 0 aliphatic carbocycles. The minimum absolute atomic E-state index is 0.775. The number of hydrogen-bond donors (Lipinski definition) is 1. The van der Waals surface area contributed by atoms with Crippen LogP contribution in [0.5, 0.6) is 0 Å². The quantitative estimate of drug-likeness (QED) is 0.377. The van der Waals surface area contributed by atoms with Gasteiger partial charge in [0, 0.05) is 13.1 Å². The summed E-state index contributed by atoms with van der Waals surface area (Å²) >= 11 is 0. The molecule has 0 saturated carbocycles. The number of hydrogen-bond acceptors (Lipinski definition) is 4. The van der Waals surface area contributed by atoms with Gasteiger partial charge < -0.3 is 0 Å². The van der Waals surface area contributed by atoms with Crippen molar-refractivity contribution in [2.24, 2.45) is 16.4 Å². The lowest BCUT2D eigenvalue weighted by atomic mass is 10.0. The summed E-state index contributed by atoms with van der Waals surface area (Å²) in [6, 6.07) is 0. The first-order valence-corrected chi connectivity index (χ1v) is 3.79. The second-order valence-corrected chi connectivity index (χ2v) is 2.89. The van der Waals surface area contributed by atoms with Crippen molar-refractivity contribution < 1.29 is 10.2 Å². The number of piperidine rings is 1. The van der Waals surface area contributed by atoms with Gasteiger partial charge in [0.05, 0.1) is 5.28 Å². The SMILES string of the molecule is CC1CCN(N=NOO)CC1. The summed E-state index contributed by atoms with van der Waals surface area (Å²) in [7, 11) is 0. The van der Waals surface area contributed by atoms with Crippen molar-refractivity contribution in [2.45, 2.75) is 19.8 Å². The molecule has 0 atom stereocenters. The maximum absolute atomic E-state index is 7.86. The molecule has 5 heteroatoms. The van der Waals surface area contributed by atoms with Gasteiger partial charge in [-0.3, -0.25) is 5.01 Å². The van der Waals surface area contributed by atoms with Crippen LogP contribution >= 0.6 is 0 Å². The van der Waals surface area contributed by atoms with Crippen molar-refractivity contribution in [1.82, 2.24) is 5.01 Å². The Kier molecular flexibility index (Phi) is 3.10. The topological polar surface area (TPSA) is 57.4 Å². The van der Waals surface area contributed by atoms with Gasteiger partial charge in [-0.25, -0.2) is 4.99 Å². The largest absolute Gasteiger partial charge is 0.276 e. The van der Waals surface area contributed by atoms with Crippen molar-refractivity contribution in [3.05, 3.63) is 0 Å². The maximum atomic E-state index is 7.86. The molecular weight excluding hydrogens is 146 g/mol. The zero-order valence-corrected chi connectivity index (χ0v) is 6.60. The molecule has 1 aliphatic rings. The fourth-order valence-corrected chi connectivity index (χ4v) is 1.15. The van der Waals surface area contributed by atoms with Gasteiger partial charge in [-0.15, -0.1) is 0 Å². The van der Waals surface area contributed by atoms with E-state index in [2.05, 4.69) is 22.4 Å². The lowest BCUT2D eigenvalue weighted by Crippen LogP contribution is -2.28. The van der Waals surface area contributed by atoms with Gasteiger partial charge in [-0.2, -0.15) is 5.26 Å². The average Bonchev–Trinajstić information content (AvgIpc) is 2.04. The van der Waals surface area contributed by atoms with E-state index in [-0.39, 0.29) is 0 Å². The third kappa shape index (κ3) is 2.71. The predicted molar refractivity (Wildman–Crippen MR) is 38.5 cm³/mol. The van der Waals surface area contributed by atoms with Gasteiger partial charge in [0.25, 0.3) is 0 Å². The van der Waals surface area contributed by atoms with Gasteiger partial charge in [-0.05, 0) is 24.0 Å². The summed E-state index contributed by atoms with van der Waals surface area (Å²) < 4.78 is 0. The molecule has 5 nitrogen and oxygen atoms in total. The van der Waals surface area contributed by atoms with Crippen LogP contribution in [0.25, 0.3) is 0 Å². The van der Waals surface area contributed by atoms with Crippen LogP contribution in [0, 0.1) is 5.92 Å². The first-order chi connectivity index (χ1) is 5.33. The molecule has 0 bridgehead atoms. The molecule has 1 heterocycles. The van der Waals surface area contributed by atoms with E-state index >= 15 is 0 Å². The molecule has 1 fully saturated rings. The molecule has 1 aliphatic heterocycles. The van der Waals surface area contributed by atoms with E-state index in [0.29, 0.717) is 0 Å². The molecule has 0 aromatic carbocycles. The molecule has 64 valence electrons. The Hall–Kier alpha value is -0.840. The highest BCUT2D eigenvalue weighted by molar-refractivity contribution is 4.64. The number of nitrogens with zero attached hydrogens (tertiary/aromatic N) is 3. The summed E-state index contributed by atoms with van der Waals surface area (Å²) in [4.78, 5) is 3.49. The van der Waals surface area contributed by atoms with E-state index in [1.54, 1.807) is 5.01 Å². The molecule has 0 aromatic heterocycles. The van der Waals surface area contributed by atoms with Crippen LogP contribution in [-0.4, -0.2) is 23.4 Å². The van der Waals surface area contributed by atoms with Gasteiger partial charge in [-0.1, -0.05) is 6.92 Å². The molecular formula is C6H13N3O2. The minimum Gasteiger partial charge on any atom is -0.276 e. The van der Waals surface area contributed by atoms with E-state index in [0.717, 1.165) is 31.8 Å². The molecule has 1 N–H and O–H groups in total. The molecule has 0 amide bonds. The first-order valence-electron chi connectivity index (χ1n) is 3.79. The Morgan fingerprint density at radius 2 is 2.09 bits per heavy atom. The third-order valence-electron chi connectivity index (χ3n) is 1.96. The van der Waals surface area contributed by atoms with Crippen LogP contribution in [0.2, 0.25) is 0 Å². The van der Waals surface area contributed by atoms with Crippen LogP contribution in [0.4, 0.5) is 0 Å². The van der Waals surface area contributed by atoms with Crippen LogP contribution in [-0.2, 0) is 4.99 Å². The lowest BCUT2D eigenvalue weighted by molar-refractivity contribution is -0.255. The molecule has 1 rings (SSSR count). The Balaban J connectivity index is 2.22. The molecule has 0 unspecified atom stereocenters. The summed E-state index contributed by atoms with van der Waals surface area (Å²) in [5.74, 6) is 0.775. The molecule has 0 radical (unpaired) electrons. The van der Waals surface area contributed by atoms with Crippen LogP contribution in [0.1, 0.15) is 19.8 Å². The van der Waals surface area contributed by atoms with Crippen LogP contribution < -0.4 is 0 Å². The highest BCUT2D eigenvalue weighted by atomic mass is 17.2. The van der Waals surface area contributed by atoms with Crippen molar-refractivity contribution in [3.63, 3.8) is 0 Å². The third-order valence-corrected chi connectivity index (χ3v) is 1.96. The van der Waals surface area contributed by atoms with E-state index < -0.39 is 0 Å². The molecule has 0 spiro atoms. The summed E-state index contributed by atoms with van der Waals surface area (Å²) in [6.07, 6.45) is 2.26. The molecule has 1 saturated heterocycles. The fraction of sp³-hybridized carbons (Fsp3) is 1.00. The zero-order chi connectivity index (χ0) is 8.10. The minimum atomic E-state index is 0.775. The van der Waals surface area contributed by atoms with Crippen molar-refractivity contribution in [2.75, 3.05) is 13.1 Å². The van der Waals surface area contributed by atoms with Crippen LogP contribution in [0.15, 0.2) is 10.5 Å². The van der Waals surface area contributed by atoms with Gasteiger partial charge >= 0.3 is 0 Å². The second kappa shape index (κ2) is 4.12. The summed E-state index contributed by atoms with van der Waals surface area (Å²) in [5, 5.41) is 16.3. The Bertz CT molecular complexity index is 132. The first kappa shape index (κ1) is 8.26. The van der Waals surface area contributed by atoms with Crippen molar-refractivity contribution in [1.29, 1.82) is 0 Å². The summed E-state index contributed by atoms with van der Waals surface area (Å²) in [6.45, 7) is 4.01. The normalized spacial score (nSPS) is 21.1. The Morgan fingerprint density at radius 1 is 1.45 bits per heavy atom. The molecule has 11 heavy (non-hydrogen) atoms. The zero-order valence-electron chi connectivity index (χ0n) is 6.60. The summed E-state index contributed by atoms with van der Waals surface area (Å²) in [5.41, 5.74) is 0. The van der Waals surface area contributed by atoms with Gasteiger partial charge in [0.15, 0.2) is 0 Å². The lowest BCUT2D eigenvalue weighted by Gasteiger charge is -2.25. The standard InChI is InChI=1S/C6H13N3O2/c1-6-2-4-9(5-3-6)7-8-11-10/h6,10H,2-5H2,1H3. The van der Waals surface area contributed by atoms with E-state index in [4.69, 9.17) is 5.26 Å². The van der Waals surface area contributed by atoms with Gasteiger partial charge in [0.1, 0.15) is 0 Å². The average molecular weight is 159 g/mol. The van der Waals surface area contributed by atoms with E-state index in [1.807, 2.05) is 0 Å². The van der Waals surface area contributed by atoms with Crippen molar-refractivity contribution >= 4 is 0 Å². The smallest absolute Gasteiger partial charge is 0.0837 e. The monoisotopic (exact) mass is 159 g/mol. The van der Waals surface area contributed by atoms with E-state index in [9.17, 15) is 0 Å². The number of rotatable bonds is 2. The molecule has 0 aromatic rings. The fourth-order valence-electron chi connectivity index (χ4n) is 1.15.